The van der Waals surface area contributed by atoms with Crippen LogP contribution in [-0.4, -0.2) is 82.8 Å². The minimum atomic E-state index is -0.666. The van der Waals surface area contributed by atoms with Crippen molar-refractivity contribution in [1.82, 2.24) is 9.80 Å². The molecule has 0 saturated carbocycles. The normalized spacial score (nSPS) is 22.6. The summed E-state index contributed by atoms with van der Waals surface area (Å²) in [4.78, 5) is 49.3. The molecule has 1 fully saturated rings. The molecule has 4 aliphatic rings. The third-order valence-electron chi connectivity index (χ3n) is 8.50. The van der Waals surface area contributed by atoms with Crippen molar-refractivity contribution in [2.24, 2.45) is 4.99 Å². The van der Waals surface area contributed by atoms with E-state index in [9.17, 15) is 19.5 Å². The van der Waals surface area contributed by atoms with E-state index < -0.39 is 6.10 Å². The summed E-state index contributed by atoms with van der Waals surface area (Å²) in [6.45, 7) is 6.03. The average molecular weight is 585 g/mol. The molecule has 0 radical (unpaired) electrons. The van der Waals surface area contributed by atoms with Crippen molar-refractivity contribution in [1.29, 1.82) is 0 Å². The number of aliphatic hydroxyl groups is 1. The van der Waals surface area contributed by atoms with Gasteiger partial charge in [0, 0.05) is 40.9 Å². The van der Waals surface area contributed by atoms with Crippen molar-refractivity contribution >= 4 is 40.8 Å². The minimum absolute atomic E-state index is 0.0427. The number of aliphatic imine (C=N–C) groups is 1. The second kappa shape index (κ2) is 11.6. The molecular weight excluding hydrogens is 548 g/mol. The fourth-order valence-electron chi connectivity index (χ4n) is 6.21. The van der Waals surface area contributed by atoms with Crippen molar-refractivity contribution < 1.29 is 19.5 Å². The summed E-state index contributed by atoms with van der Waals surface area (Å²) in [6, 6.07) is 9.78. The lowest BCUT2D eigenvalue weighted by molar-refractivity contribution is -0.114. The van der Waals surface area contributed by atoms with Gasteiger partial charge in [0.05, 0.1) is 35.1 Å². The van der Waals surface area contributed by atoms with E-state index in [1.165, 1.54) is 16.0 Å². The van der Waals surface area contributed by atoms with E-state index in [0.29, 0.717) is 40.3 Å². The van der Waals surface area contributed by atoms with Gasteiger partial charge in [0.25, 0.3) is 11.8 Å². The molecule has 218 valence electrons. The molecule has 1 aliphatic carbocycles. The summed E-state index contributed by atoms with van der Waals surface area (Å²) in [5.41, 5.74) is 6.65. The van der Waals surface area contributed by atoms with Gasteiger partial charge in [-0.1, -0.05) is 23.8 Å². The molecular formula is C33H36N4O4S. The zero-order chi connectivity index (χ0) is 29.5. The van der Waals surface area contributed by atoms with Crippen LogP contribution in [-0.2, 0) is 11.2 Å². The van der Waals surface area contributed by atoms with Gasteiger partial charge in [-0.05, 0) is 82.2 Å². The fourth-order valence-corrected chi connectivity index (χ4v) is 7.14. The highest BCUT2D eigenvalue weighted by Crippen LogP contribution is 2.38. The number of aryl methyl sites for hydroxylation is 2. The van der Waals surface area contributed by atoms with Gasteiger partial charge in [0.15, 0.2) is 5.78 Å². The van der Waals surface area contributed by atoms with E-state index in [0.717, 1.165) is 42.1 Å². The highest BCUT2D eigenvalue weighted by molar-refractivity contribution is 7.99. The number of amides is 2. The van der Waals surface area contributed by atoms with Crippen molar-refractivity contribution in [3.63, 3.8) is 0 Å². The van der Waals surface area contributed by atoms with Gasteiger partial charge < -0.3 is 15.3 Å². The first-order valence-corrected chi connectivity index (χ1v) is 15.5. The lowest BCUT2D eigenvalue weighted by Crippen LogP contribution is -2.46. The maximum atomic E-state index is 13.4. The molecule has 0 aromatic heterocycles. The van der Waals surface area contributed by atoms with Gasteiger partial charge in [-0.15, -0.1) is 11.8 Å². The van der Waals surface area contributed by atoms with Crippen LogP contribution in [0.2, 0.25) is 0 Å². The van der Waals surface area contributed by atoms with Gasteiger partial charge in [-0.2, -0.15) is 0 Å². The summed E-state index contributed by atoms with van der Waals surface area (Å²) in [5, 5.41) is 14.0. The first kappa shape index (κ1) is 28.6. The number of imide groups is 1. The molecule has 0 spiro atoms. The maximum absolute atomic E-state index is 13.4. The quantitative estimate of drug-likeness (QED) is 0.296. The summed E-state index contributed by atoms with van der Waals surface area (Å²) in [5.74, 6) is -0.00312. The Balaban J connectivity index is 1.18. The number of thioether (sulfide) groups is 1. The number of allylic oxidation sites excluding steroid dienone is 4. The molecule has 2 aromatic rings. The summed E-state index contributed by atoms with van der Waals surface area (Å²) in [6.07, 6.45) is 5.26. The van der Waals surface area contributed by atoms with Crippen LogP contribution in [0.3, 0.4) is 0 Å². The Hall–Kier alpha value is -3.53. The van der Waals surface area contributed by atoms with Crippen LogP contribution in [0.4, 0.5) is 5.69 Å². The molecule has 1 saturated heterocycles. The number of ketones is 1. The van der Waals surface area contributed by atoms with E-state index in [4.69, 9.17) is 0 Å². The molecule has 6 rings (SSSR count). The lowest BCUT2D eigenvalue weighted by atomic mass is 9.94. The van der Waals surface area contributed by atoms with Gasteiger partial charge in [-0.3, -0.25) is 24.3 Å². The molecule has 9 heteroatoms. The molecule has 42 heavy (non-hydrogen) atoms. The second-order valence-corrected chi connectivity index (χ2v) is 12.8. The highest BCUT2D eigenvalue weighted by Gasteiger charge is 2.42. The van der Waals surface area contributed by atoms with Gasteiger partial charge in [-0.25, -0.2) is 0 Å². The number of hydrogen-bond donors (Lipinski definition) is 2. The number of nitrogens with zero attached hydrogens (tertiary/aromatic N) is 3. The van der Waals surface area contributed by atoms with Crippen LogP contribution in [0.15, 0.2) is 63.6 Å². The molecule has 8 nitrogen and oxygen atoms in total. The first-order chi connectivity index (χ1) is 20.2. The van der Waals surface area contributed by atoms with E-state index in [1.54, 1.807) is 23.9 Å². The van der Waals surface area contributed by atoms with E-state index in [-0.39, 0.29) is 36.6 Å². The molecule has 0 unspecified atom stereocenters. The van der Waals surface area contributed by atoms with Crippen LogP contribution >= 0.6 is 11.8 Å². The number of aliphatic hydroxyl groups excluding tert-OH is 1. The Morgan fingerprint density at radius 1 is 1.07 bits per heavy atom. The van der Waals surface area contributed by atoms with E-state index in [1.807, 2.05) is 12.1 Å². The van der Waals surface area contributed by atoms with Crippen LogP contribution in [0, 0.1) is 13.8 Å². The molecule has 3 heterocycles. The molecule has 2 amide bonds. The lowest BCUT2D eigenvalue weighted by Gasteiger charge is -2.33. The predicted octanol–water partition coefficient (Wildman–Crippen LogP) is 4.34. The Labute approximate surface area is 250 Å². The predicted molar refractivity (Wildman–Crippen MR) is 166 cm³/mol. The third kappa shape index (κ3) is 5.48. The van der Waals surface area contributed by atoms with Crippen LogP contribution in [0.5, 0.6) is 0 Å². The number of Topliss-reactive ketones (excluding diaryl/α,β-unsaturated/α-hetero) is 1. The van der Waals surface area contributed by atoms with Crippen LogP contribution in [0.25, 0.3) is 0 Å². The van der Waals surface area contributed by atoms with Crippen LogP contribution < -0.4 is 5.32 Å². The SMILES string of the molecule is Cc1ccc(SC[C@H](O)CN=C2C=CCC(=O)C2=C2Cc3cc4c(cc3N2)C(=O)N(C2CCN(C)CC2)C4=O)c(C)c1. The molecule has 0 bridgehead atoms. The largest absolute Gasteiger partial charge is 0.390 e. The highest BCUT2D eigenvalue weighted by atomic mass is 32.2. The number of benzene rings is 2. The number of likely N-dealkylation sites (tertiary alicyclic amines) is 1. The number of piperidine rings is 1. The second-order valence-electron chi connectivity index (χ2n) is 11.7. The molecule has 3 aliphatic heterocycles. The van der Waals surface area contributed by atoms with Crippen molar-refractivity contribution in [2.75, 3.05) is 37.8 Å². The summed E-state index contributed by atoms with van der Waals surface area (Å²) < 4.78 is 0. The number of rotatable bonds is 6. The zero-order valence-electron chi connectivity index (χ0n) is 24.3. The van der Waals surface area contributed by atoms with Crippen molar-refractivity contribution in [2.45, 2.75) is 56.6 Å². The smallest absolute Gasteiger partial charge is 0.261 e. The number of carbonyl (C=O) groups excluding carboxylic acids is 3. The molecule has 2 aromatic carbocycles. The molecule has 1 atom stereocenters. The topological polar surface area (TPSA) is 102 Å². The number of hydrogen-bond acceptors (Lipinski definition) is 8. The van der Waals surface area contributed by atoms with Crippen molar-refractivity contribution in [3.05, 3.63) is 81.6 Å². The zero-order valence-corrected chi connectivity index (χ0v) is 25.1. The number of carbonyl (C=O) groups is 3. The Bertz CT molecular complexity index is 1520. The monoisotopic (exact) mass is 584 g/mol. The first-order valence-electron chi connectivity index (χ1n) is 14.6. The Kier molecular flexibility index (Phi) is 7.91. The Morgan fingerprint density at radius 3 is 2.55 bits per heavy atom. The summed E-state index contributed by atoms with van der Waals surface area (Å²) >= 11 is 1.60. The van der Waals surface area contributed by atoms with Gasteiger partial charge in [0.1, 0.15) is 0 Å². The van der Waals surface area contributed by atoms with E-state index >= 15 is 0 Å². The van der Waals surface area contributed by atoms with Gasteiger partial charge in [0.2, 0.25) is 0 Å². The number of anilines is 1. The minimum Gasteiger partial charge on any atom is -0.390 e. The number of nitrogens with one attached hydrogen (secondary N) is 1. The third-order valence-corrected chi connectivity index (χ3v) is 9.82. The average Bonchev–Trinajstić information content (AvgIpc) is 3.48. The van der Waals surface area contributed by atoms with Crippen molar-refractivity contribution in [3.8, 4) is 0 Å². The van der Waals surface area contributed by atoms with Gasteiger partial charge >= 0.3 is 0 Å². The molecule has 2 N–H and O–H groups in total. The Morgan fingerprint density at radius 2 is 1.81 bits per heavy atom. The number of fused-ring (bicyclic) bond motifs is 2. The van der Waals surface area contributed by atoms with Crippen LogP contribution in [0.1, 0.15) is 56.7 Å². The standard InChI is InChI=1S/C33H36N4O4S/c1-19-7-8-30(20(2)13-19)42-18-23(38)17-34-26-5-4-6-29(39)31(26)28-15-21-14-24-25(16-27(21)35-28)33(41)37(32(24)40)22-9-11-36(3)12-10-22/h4-5,7-8,13-14,16,22-23,35,38H,6,9-12,15,17-18H2,1-3H3/t23-/m1/s1. The fraction of sp³-hybridized carbons (Fsp3) is 0.394. The van der Waals surface area contributed by atoms with E-state index in [2.05, 4.69) is 54.3 Å². The summed E-state index contributed by atoms with van der Waals surface area (Å²) in [7, 11) is 2.05. The maximum Gasteiger partial charge on any atom is 0.261 e.